The van der Waals surface area contributed by atoms with Crippen LogP contribution in [0.2, 0.25) is 0 Å². The van der Waals surface area contributed by atoms with Crippen LogP contribution in [0.1, 0.15) is 36.5 Å². The summed E-state index contributed by atoms with van der Waals surface area (Å²) >= 11 is 5.70. The number of aryl methyl sites for hydroxylation is 2. The van der Waals surface area contributed by atoms with Gasteiger partial charge in [0.05, 0.1) is 6.10 Å². The van der Waals surface area contributed by atoms with Gasteiger partial charge in [-0.2, -0.15) is 0 Å². The van der Waals surface area contributed by atoms with Gasteiger partial charge in [-0.25, -0.2) is 0 Å². The number of rotatable bonds is 3. The van der Waals surface area contributed by atoms with Crippen molar-refractivity contribution in [3.05, 3.63) is 34.9 Å². The summed E-state index contributed by atoms with van der Waals surface area (Å²) in [4.78, 5) is 0. The summed E-state index contributed by atoms with van der Waals surface area (Å²) in [5, 5.41) is 9.74. The smallest absolute Gasteiger partial charge is 0.0704 e. The summed E-state index contributed by atoms with van der Waals surface area (Å²) < 4.78 is 0. The van der Waals surface area contributed by atoms with Crippen LogP contribution in [-0.2, 0) is 5.41 Å². The number of benzene rings is 1. The highest BCUT2D eigenvalue weighted by molar-refractivity contribution is 6.18. The minimum absolute atomic E-state index is 0.232. The monoisotopic (exact) mass is 252 g/mol. The normalized spacial score (nSPS) is 29.8. The molecule has 0 heterocycles. The Balaban J connectivity index is 2.14. The summed E-state index contributed by atoms with van der Waals surface area (Å²) in [5.41, 5.74) is 4.34. The fourth-order valence-electron chi connectivity index (χ4n) is 3.21. The zero-order chi connectivity index (χ0) is 12.6. The molecule has 2 heteroatoms. The predicted molar refractivity (Wildman–Crippen MR) is 72.7 cm³/mol. The van der Waals surface area contributed by atoms with E-state index in [4.69, 9.17) is 11.6 Å². The van der Waals surface area contributed by atoms with E-state index in [-0.39, 0.29) is 11.5 Å². The zero-order valence-corrected chi connectivity index (χ0v) is 11.6. The molecular formula is C15H21ClO. The standard InChI is InChI=1S/C15H21ClO/c1-10-4-5-13(11(2)6-10)15(3)7-12(8-15)14(17)9-16/h4-6,12,14,17H,7-9H2,1-3H3. The van der Waals surface area contributed by atoms with Gasteiger partial charge in [-0.3, -0.25) is 0 Å². The van der Waals surface area contributed by atoms with Crippen molar-refractivity contribution in [1.82, 2.24) is 0 Å². The molecule has 0 aliphatic heterocycles. The molecule has 1 N–H and O–H groups in total. The van der Waals surface area contributed by atoms with Gasteiger partial charge in [-0.15, -0.1) is 11.6 Å². The number of halogens is 1. The van der Waals surface area contributed by atoms with Gasteiger partial charge < -0.3 is 5.11 Å². The summed E-state index contributed by atoms with van der Waals surface area (Å²) in [6, 6.07) is 6.67. The van der Waals surface area contributed by atoms with Crippen molar-refractivity contribution >= 4 is 11.6 Å². The molecule has 1 atom stereocenters. The molecule has 1 fully saturated rings. The number of hydrogen-bond acceptors (Lipinski definition) is 1. The Morgan fingerprint density at radius 3 is 2.59 bits per heavy atom. The Hall–Kier alpha value is -0.530. The lowest BCUT2D eigenvalue weighted by Gasteiger charge is -2.48. The first kappa shape index (κ1) is 12.9. The van der Waals surface area contributed by atoms with Gasteiger partial charge in [0.25, 0.3) is 0 Å². The van der Waals surface area contributed by atoms with E-state index in [2.05, 4.69) is 39.0 Å². The molecule has 0 spiro atoms. The first-order valence-electron chi connectivity index (χ1n) is 6.28. The fraction of sp³-hybridized carbons (Fsp3) is 0.600. The van der Waals surface area contributed by atoms with E-state index < -0.39 is 0 Å². The number of aliphatic hydroxyl groups is 1. The maximum Gasteiger partial charge on any atom is 0.0704 e. The summed E-state index contributed by atoms with van der Waals surface area (Å²) in [5.74, 6) is 0.728. The third-order valence-electron chi connectivity index (χ3n) is 4.16. The zero-order valence-electron chi connectivity index (χ0n) is 10.8. The van der Waals surface area contributed by atoms with E-state index in [1.165, 1.54) is 16.7 Å². The Kier molecular flexibility index (Phi) is 3.51. The molecule has 94 valence electrons. The molecule has 1 aromatic rings. The van der Waals surface area contributed by atoms with Crippen LogP contribution in [-0.4, -0.2) is 17.1 Å². The fourth-order valence-corrected chi connectivity index (χ4v) is 3.46. The quantitative estimate of drug-likeness (QED) is 0.816. The van der Waals surface area contributed by atoms with Crippen LogP contribution in [0.4, 0.5) is 0 Å². The number of alkyl halides is 1. The summed E-state index contributed by atoms with van der Waals surface area (Å²) in [6.07, 6.45) is 1.76. The Labute approximate surface area is 109 Å². The Morgan fingerprint density at radius 1 is 1.41 bits per heavy atom. The summed E-state index contributed by atoms with van der Waals surface area (Å²) in [7, 11) is 0. The lowest BCUT2D eigenvalue weighted by Crippen LogP contribution is -2.45. The lowest BCUT2D eigenvalue weighted by molar-refractivity contribution is 0.0291. The molecule has 0 amide bonds. The van der Waals surface area contributed by atoms with Crippen LogP contribution in [0.15, 0.2) is 18.2 Å². The van der Waals surface area contributed by atoms with E-state index in [1.54, 1.807) is 0 Å². The van der Waals surface area contributed by atoms with Crippen molar-refractivity contribution in [2.75, 3.05) is 5.88 Å². The highest BCUT2D eigenvalue weighted by Gasteiger charge is 2.44. The van der Waals surface area contributed by atoms with Gasteiger partial charge in [-0.05, 0) is 49.1 Å². The van der Waals surface area contributed by atoms with Crippen molar-refractivity contribution in [2.24, 2.45) is 5.92 Å². The molecule has 0 radical (unpaired) electrons. The first-order chi connectivity index (χ1) is 7.96. The molecule has 2 rings (SSSR count). The molecule has 17 heavy (non-hydrogen) atoms. The van der Waals surface area contributed by atoms with Crippen molar-refractivity contribution in [3.8, 4) is 0 Å². The van der Waals surface area contributed by atoms with Gasteiger partial charge in [-0.1, -0.05) is 30.7 Å². The van der Waals surface area contributed by atoms with E-state index in [0.29, 0.717) is 11.8 Å². The summed E-state index contributed by atoms with van der Waals surface area (Å²) in [6.45, 7) is 6.60. The largest absolute Gasteiger partial charge is 0.392 e. The van der Waals surface area contributed by atoms with E-state index >= 15 is 0 Å². The number of aliphatic hydroxyl groups excluding tert-OH is 1. The van der Waals surface area contributed by atoms with Crippen LogP contribution < -0.4 is 0 Å². The van der Waals surface area contributed by atoms with Crippen molar-refractivity contribution < 1.29 is 5.11 Å². The van der Waals surface area contributed by atoms with Crippen LogP contribution in [0.3, 0.4) is 0 Å². The Morgan fingerprint density at radius 2 is 2.06 bits per heavy atom. The lowest BCUT2D eigenvalue weighted by atomic mass is 9.57. The Bertz CT molecular complexity index is 407. The van der Waals surface area contributed by atoms with Crippen LogP contribution in [0.5, 0.6) is 0 Å². The van der Waals surface area contributed by atoms with Crippen molar-refractivity contribution in [2.45, 2.75) is 45.1 Å². The van der Waals surface area contributed by atoms with Crippen LogP contribution >= 0.6 is 11.6 Å². The molecule has 1 unspecified atom stereocenters. The second-order valence-electron chi connectivity index (χ2n) is 5.77. The molecular weight excluding hydrogens is 232 g/mol. The average molecular weight is 253 g/mol. The van der Waals surface area contributed by atoms with E-state index in [1.807, 2.05) is 0 Å². The van der Waals surface area contributed by atoms with Crippen LogP contribution in [0.25, 0.3) is 0 Å². The molecule has 0 aromatic heterocycles. The van der Waals surface area contributed by atoms with Gasteiger partial charge in [0.15, 0.2) is 0 Å². The minimum Gasteiger partial charge on any atom is -0.392 e. The van der Waals surface area contributed by atoms with Crippen LogP contribution in [0, 0.1) is 19.8 Å². The molecule has 0 bridgehead atoms. The molecule has 1 aromatic carbocycles. The topological polar surface area (TPSA) is 20.2 Å². The van der Waals surface area contributed by atoms with E-state index in [0.717, 1.165) is 12.8 Å². The maximum absolute atomic E-state index is 9.74. The van der Waals surface area contributed by atoms with E-state index in [9.17, 15) is 5.11 Å². The van der Waals surface area contributed by atoms with Gasteiger partial charge in [0, 0.05) is 5.88 Å². The van der Waals surface area contributed by atoms with Gasteiger partial charge >= 0.3 is 0 Å². The SMILES string of the molecule is Cc1ccc(C2(C)CC(C(O)CCl)C2)c(C)c1. The van der Waals surface area contributed by atoms with Crippen molar-refractivity contribution in [3.63, 3.8) is 0 Å². The predicted octanol–water partition coefficient (Wildman–Crippen LogP) is 3.57. The van der Waals surface area contributed by atoms with Crippen molar-refractivity contribution in [1.29, 1.82) is 0 Å². The molecule has 1 aliphatic carbocycles. The minimum atomic E-state index is -0.338. The second-order valence-corrected chi connectivity index (χ2v) is 6.08. The highest BCUT2D eigenvalue weighted by Crippen LogP contribution is 2.49. The molecule has 1 saturated carbocycles. The van der Waals surface area contributed by atoms with Gasteiger partial charge in [0.2, 0.25) is 0 Å². The third kappa shape index (κ3) is 2.36. The van der Waals surface area contributed by atoms with Gasteiger partial charge in [0.1, 0.15) is 0 Å². The average Bonchev–Trinajstić information content (AvgIpc) is 2.24. The maximum atomic E-state index is 9.74. The third-order valence-corrected chi connectivity index (χ3v) is 4.48. The molecule has 1 aliphatic rings. The highest BCUT2D eigenvalue weighted by atomic mass is 35.5. The molecule has 1 nitrogen and oxygen atoms in total. The first-order valence-corrected chi connectivity index (χ1v) is 6.81. The molecule has 0 saturated heterocycles. The second kappa shape index (κ2) is 4.62. The number of hydrogen-bond donors (Lipinski definition) is 1.